The Morgan fingerprint density at radius 1 is 1.09 bits per heavy atom. The fourth-order valence-electron chi connectivity index (χ4n) is 1.88. The molecule has 0 aliphatic rings. The van der Waals surface area contributed by atoms with Crippen molar-refractivity contribution in [1.29, 1.82) is 0 Å². The molecule has 0 saturated carbocycles. The monoisotopic (exact) mass is 316 g/mol. The second-order valence-corrected chi connectivity index (χ2v) is 6.93. The molecule has 0 fully saturated rings. The number of aliphatic hydroxyl groups is 1. The van der Waals surface area contributed by atoms with Gasteiger partial charge in [0.15, 0.2) is 0 Å². The molecule has 0 unspecified atom stereocenters. The van der Waals surface area contributed by atoms with Crippen molar-refractivity contribution in [2.45, 2.75) is 64.8 Å². The minimum absolute atomic E-state index is 0.148. The maximum absolute atomic E-state index is 13.0. The van der Waals surface area contributed by atoms with Crippen molar-refractivity contribution in [3.05, 3.63) is 29.3 Å². The van der Waals surface area contributed by atoms with Crippen LogP contribution < -0.4 is 5.46 Å². The molecule has 124 valence electrons. The van der Waals surface area contributed by atoms with Crippen LogP contribution in [0.15, 0.2) is 18.2 Å². The molecular formula is C16H24BF3O2. The zero-order valence-corrected chi connectivity index (χ0v) is 14.0. The molecule has 0 spiro atoms. The van der Waals surface area contributed by atoms with Gasteiger partial charge in [-0.15, -0.1) is 0 Å². The molecule has 0 atom stereocenters. The van der Waals surface area contributed by atoms with E-state index >= 15 is 0 Å². The van der Waals surface area contributed by atoms with Crippen molar-refractivity contribution in [3.63, 3.8) is 0 Å². The highest BCUT2D eigenvalue weighted by Gasteiger charge is 2.36. The van der Waals surface area contributed by atoms with Gasteiger partial charge in [-0.2, -0.15) is 13.2 Å². The van der Waals surface area contributed by atoms with Crippen LogP contribution in [-0.4, -0.2) is 23.8 Å². The molecule has 1 rings (SSSR count). The van der Waals surface area contributed by atoms with E-state index in [1.807, 2.05) is 0 Å². The number of halogens is 3. The summed E-state index contributed by atoms with van der Waals surface area (Å²) in [6, 6.07) is 4.06. The molecule has 22 heavy (non-hydrogen) atoms. The molecule has 0 aliphatic carbocycles. The van der Waals surface area contributed by atoms with Crippen LogP contribution in [0.5, 0.6) is 0 Å². The Bertz CT molecular complexity index is 517. The molecule has 2 nitrogen and oxygen atoms in total. The number of hydrogen-bond donors (Lipinski definition) is 1. The minimum atomic E-state index is -4.36. The van der Waals surface area contributed by atoms with Crippen molar-refractivity contribution in [1.82, 2.24) is 0 Å². The van der Waals surface area contributed by atoms with Gasteiger partial charge in [0.1, 0.15) is 0 Å². The quantitative estimate of drug-likeness (QED) is 0.844. The zero-order valence-electron chi connectivity index (χ0n) is 14.0. The molecule has 1 aromatic carbocycles. The van der Waals surface area contributed by atoms with E-state index in [1.165, 1.54) is 12.1 Å². The fourth-order valence-corrected chi connectivity index (χ4v) is 1.88. The number of benzene rings is 1. The Kier molecular flexibility index (Phi) is 5.40. The smallest absolute Gasteiger partial charge is 0.416 e. The highest BCUT2D eigenvalue weighted by molar-refractivity contribution is 6.47. The topological polar surface area (TPSA) is 29.5 Å². The Labute approximate surface area is 131 Å². The van der Waals surface area contributed by atoms with Crippen LogP contribution in [-0.2, 0) is 10.8 Å². The molecule has 0 amide bonds. The van der Waals surface area contributed by atoms with Crippen LogP contribution in [0.4, 0.5) is 13.2 Å². The predicted octanol–water partition coefficient (Wildman–Crippen LogP) is 3.37. The van der Waals surface area contributed by atoms with E-state index in [0.717, 1.165) is 6.07 Å². The van der Waals surface area contributed by atoms with Crippen LogP contribution in [0, 0.1) is 0 Å². The van der Waals surface area contributed by atoms with E-state index in [-0.39, 0.29) is 19.0 Å². The summed E-state index contributed by atoms with van der Waals surface area (Å²) in [4.78, 5) is 0. The lowest BCUT2D eigenvalue weighted by Crippen LogP contribution is -2.49. The normalized spacial score (nSPS) is 13.6. The largest absolute Gasteiger partial charge is 0.427 e. The van der Waals surface area contributed by atoms with Crippen LogP contribution in [0.3, 0.4) is 0 Å². The zero-order chi connectivity index (χ0) is 17.3. The summed E-state index contributed by atoms with van der Waals surface area (Å²) in [7, 11) is 0.148. The fraction of sp³-hybridized carbons (Fsp3) is 0.625. The Morgan fingerprint density at radius 3 is 2.05 bits per heavy atom. The molecule has 6 heteroatoms. The van der Waals surface area contributed by atoms with Gasteiger partial charge in [0.2, 0.25) is 0 Å². The summed E-state index contributed by atoms with van der Waals surface area (Å²) in [5, 5.41) is 10.0. The highest BCUT2D eigenvalue weighted by Crippen LogP contribution is 2.34. The molecule has 0 bridgehead atoms. The molecule has 1 aromatic rings. The Morgan fingerprint density at radius 2 is 1.64 bits per heavy atom. The molecule has 1 N–H and O–H groups in total. The van der Waals surface area contributed by atoms with Gasteiger partial charge in [0.05, 0.1) is 16.8 Å². The van der Waals surface area contributed by atoms with Crippen molar-refractivity contribution >= 4 is 12.9 Å². The van der Waals surface area contributed by atoms with Gasteiger partial charge in [-0.1, -0.05) is 37.5 Å². The van der Waals surface area contributed by atoms with Gasteiger partial charge in [-0.25, -0.2) is 0 Å². The van der Waals surface area contributed by atoms with Crippen LogP contribution in [0.1, 0.15) is 58.6 Å². The van der Waals surface area contributed by atoms with Crippen LogP contribution in [0.25, 0.3) is 0 Å². The van der Waals surface area contributed by atoms with Gasteiger partial charge >= 0.3 is 13.7 Å². The lowest BCUT2D eigenvalue weighted by atomic mass is 9.80. The summed E-state index contributed by atoms with van der Waals surface area (Å²) >= 11 is 0. The third-order valence-electron chi connectivity index (χ3n) is 4.12. The highest BCUT2D eigenvalue weighted by atomic mass is 19.4. The van der Waals surface area contributed by atoms with Crippen molar-refractivity contribution < 1.29 is 22.9 Å². The van der Waals surface area contributed by atoms with Crippen molar-refractivity contribution in [2.24, 2.45) is 0 Å². The summed E-state index contributed by atoms with van der Waals surface area (Å²) in [6.07, 6.45) is -4.36. The maximum atomic E-state index is 13.0. The van der Waals surface area contributed by atoms with Gasteiger partial charge in [0.25, 0.3) is 0 Å². The first kappa shape index (κ1) is 19.0. The average Bonchev–Trinajstić information content (AvgIpc) is 2.33. The second-order valence-electron chi connectivity index (χ2n) is 6.93. The van der Waals surface area contributed by atoms with E-state index < -0.39 is 22.9 Å². The average molecular weight is 316 g/mol. The van der Waals surface area contributed by atoms with E-state index in [1.54, 1.807) is 41.5 Å². The van der Waals surface area contributed by atoms with Gasteiger partial charge in [-0.3, -0.25) is 0 Å². The lowest BCUT2D eigenvalue weighted by molar-refractivity contribution is -0.138. The van der Waals surface area contributed by atoms with E-state index in [0.29, 0.717) is 5.46 Å². The van der Waals surface area contributed by atoms with E-state index in [9.17, 15) is 18.3 Å². The van der Waals surface area contributed by atoms with E-state index in [4.69, 9.17) is 4.65 Å². The SMILES string of the molecule is CC(C)c1cc(BOC(C)(C)C(C)(C)O)ccc1C(F)(F)F. The van der Waals surface area contributed by atoms with Crippen molar-refractivity contribution in [3.8, 4) is 0 Å². The van der Waals surface area contributed by atoms with Crippen LogP contribution >= 0.6 is 0 Å². The Hall–Kier alpha value is -1.01. The standard InChI is InChI=1S/C16H24BF3O2/c1-10(2)12-9-11(7-8-13(12)16(18,19)20)17-22-15(5,6)14(3,4)21/h7-10,17,21H,1-6H3. The molecule has 0 aromatic heterocycles. The number of rotatable bonds is 5. The number of hydrogen-bond acceptors (Lipinski definition) is 2. The molecule has 0 heterocycles. The second kappa shape index (κ2) is 6.24. The predicted molar refractivity (Wildman–Crippen MR) is 83.8 cm³/mol. The molecular weight excluding hydrogens is 292 g/mol. The van der Waals surface area contributed by atoms with Gasteiger partial charge in [-0.05, 0) is 39.2 Å². The third-order valence-corrected chi connectivity index (χ3v) is 4.12. The van der Waals surface area contributed by atoms with Gasteiger partial charge in [0, 0.05) is 0 Å². The summed E-state index contributed by atoms with van der Waals surface area (Å²) in [5.74, 6) is -0.237. The lowest BCUT2D eigenvalue weighted by Gasteiger charge is -2.37. The first-order chi connectivity index (χ1) is 9.75. The van der Waals surface area contributed by atoms with E-state index in [2.05, 4.69) is 0 Å². The maximum Gasteiger partial charge on any atom is 0.416 e. The third kappa shape index (κ3) is 4.49. The Balaban J connectivity index is 3.02. The molecule has 0 saturated heterocycles. The summed E-state index contributed by atoms with van der Waals surface area (Å²) < 4.78 is 44.7. The molecule has 0 radical (unpaired) electrons. The van der Waals surface area contributed by atoms with Gasteiger partial charge < -0.3 is 9.76 Å². The minimum Gasteiger partial charge on any atom is -0.427 e. The molecule has 0 aliphatic heterocycles. The first-order valence-electron chi connectivity index (χ1n) is 7.32. The van der Waals surface area contributed by atoms with Crippen molar-refractivity contribution in [2.75, 3.05) is 0 Å². The summed E-state index contributed by atoms with van der Waals surface area (Å²) in [6.45, 7) is 10.2. The number of alkyl halides is 3. The summed E-state index contributed by atoms with van der Waals surface area (Å²) in [5.41, 5.74) is -1.55. The van der Waals surface area contributed by atoms with Crippen LogP contribution in [0.2, 0.25) is 0 Å². The first-order valence-corrected chi connectivity index (χ1v) is 7.32.